The third-order valence-corrected chi connectivity index (χ3v) is 3.89. The maximum atomic E-state index is 4.71. The third-order valence-electron chi connectivity index (χ3n) is 3.44. The topological polar surface area (TPSA) is 40.7 Å². The van der Waals surface area contributed by atoms with Crippen molar-refractivity contribution in [1.82, 2.24) is 15.3 Å². The van der Waals surface area contributed by atoms with E-state index in [1.54, 1.807) is 0 Å². The summed E-state index contributed by atoms with van der Waals surface area (Å²) in [4.78, 5) is 8.15. The van der Waals surface area contributed by atoms with Crippen molar-refractivity contribution in [2.75, 3.05) is 13.1 Å². The van der Waals surface area contributed by atoms with Crippen LogP contribution in [-0.2, 0) is 6.42 Å². The summed E-state index contributed by atoms with van der Waals surface area (Å²) in [7, 11) is 0. The Hall–Kier alpha value is -0.870. The van der Waals surface area contributed by atoms with Gasteiger partial charge < -0.3 is 10.3 Å². The van der Waals surface area contributed by atoms with Crippen LogP contribution in [0.15, 0.2) is 16.6 Å². The van der Waals surface area contributed by atoms with Crippen molar-refractivity contribution >= 4 is 27.0 Å². The van der Waals surface area contributed by atoms with E-state index in [1.165, 1.54) is 12.0 Å². The Kier molecular flexibility index (Phi) is 2.92. The van der Waals surface area contributed by atoms with E-state index in [0.29, 0.717) is 0 Å². The van der Waals surface area contributed by atoms with Crippen LogP contribution in [0.1, 0.15) is 17.8 Å². The van der Waals surface area contributed by atoms with Gasteiger partial charge in [0.2, 0.25) is 0 Å². The van der Waals surface area contributed by atoms with Gasteiger partial charge in [-0.3, -0.25) is 0 Å². The highest BCUT2D eigenvalue weighted by molar-refractivity contribution is 9.10. The molecule has 0 bridgehead atoms. The molecule has 1 saturated heterocycles. The van der Waals surface area contributed by atoms with Crippen LogP contribution in [0.25, 0.3) is 11.0 Å². The molecule has 1 atom stereocenters. The molecule has 1 aromatic carbocycles. The monoisotopic (exact) mass is 293 g/mol. The summed E-state index contributed by atoms with van der Waals surface area (Å²) < 4.78 is 1.11. The molecule has 0 amide bonds. The Balaban J connectivity index is 1.93. The van der Waals surface area contributed by atoms with Crippen LogP contribution < -0.4 is 5.32 Å². The van der Waals surface area contributed by atoms with Crippen molar-refractivity contribution in [3.8, 4) is 0 Å². The molecule has 1 aliphatic rings. The second kappa shape index (κ2) is 4.42. The number of fused-ring (bicyclic) bond motifs is 1. The minimum atomic E-state index is 0.735. The lowest BCUT2D eigenvalue weighted by molar-refractivity contribution is 0.565. The highest BCUT2D eigenvalue weighted by atomic mass is 79.9. The van der Waals surface area contributed by atoms with Gasteiger partial charge in [-0.25, -0.2) is 4.98 Å². The van der Waals surface area contributed by atoms with E-state index >= 15 is 0 Å². The zero-order valence-corrected chi connectivity index (χ0v) is 11.5. The number of imidazole rings is 1. The van der Waals surface area contributed by atoms with Gasteiger partial charge in [0.05, 0.1) is 11.0 Å². The van der Waals surface area contributed by atoms with Crippen molar-refractivity contribution in [2.45, 2.75) is 19.8 Å². The van der Waals surface area contributed by atoms with Crippen molar-refractivity contribution in [3.05, 3.63) is 28.0 Å². The highest BCUT2D eigenvalue weighted by Crippen LogP contribution is 2.23. The predicted molar refractivity (Wildman–Crippen MR) is 73.2 cm³/mol. The standard InChI is InChI=1S/C13H16BrN3/c1-8-4-10(14)6-11-13(8)17-12(16-11)5-9-2-3-15-7-9/h4,6,9,15H,2-3,5,7H2,1H3,(H,16,17). The average molecular weight is 294 g/mol. The van der Waals surface area contributed by atoms with E-state index in [9.17, 15) is 0 Å². The van der Waals surface area contributed by atoms with E-state index in [-0.39, 0.29) is 0 Å². The van der Waals surface area contributed by atoms with E-state index in [0.717, 1.165) is 46.8 Å². The molecule has 0 spiro atoms. The van der Waals surface area contributed by atoms with Crippen molar-refractivity contribution in [1.29, 1.82) is 0 Å². The number of nitrogens with one attached hydrogen (secondary N) is 2. The van der Waals surface area contributed by atoms with Gasteiger partial charge in [0.1, 0.15) is 5.82 Å². The molecule has 1 unspecified atom stereocenters. The van der Waals surface area contributed by atoms with E-state index in [2.05, 4.69) is 45.3 Å². The molecule has 1 aromatic heterocycles. The van der Waals surface area contributed by atoms with E-state index < -0.39 is 0 Å². The van der Waals surface area contributed by atoms with Crippen molar-refractivity contribution in [3.63, 3.8) is 0 Å². The first kappa shape index (κ1) is 11.2. The summed E-state index contributed by atoms with van der Waals surface area (Å²) in [6.45, 7) is 4.38. The van der Waals surface area contributed by atoms with Gasteiger partial charge in [0.25, 0.3) is 0 Å². The fourth-order valence-electron chi connectivity index (χ4n) is 2.56. The molecule has 1 aliphatic heterocycles. The molecule has 2 heterocycles. The molecular formula is C13H16BrN3. The van der Waals surface area contributed by atoms with Crippen LogP contribution in [0.5, 0.6) is 0 Å². The van der Waals surface area contributed by atoms with Gasteiger partial charge in [-0.15, -0.1) is 0 Å². The molecule has 0 saturated carbocycles. The molecule has 0 aliphatic carbocycles. The van der Waals surface area contributed by atoms with Gasteiger partial charge in [-0.2, -0.15) is 0 Å². The lowest BCUT2D eigenvalue weighted by Gasteiger charge is -2.03. The van der Waals surface area contributed by atoms with Crippen LogP contribution in [0, 0.1) is 12.8 Å². The number of aryl methyl sites for hydroxylation is 1. The number of H-pyrrole nitrogens is 1. The predicted octanol–water partition coefficient (Wildman–Crippen LogP) is 2.79. The lowest BCUT2D eigenvalue weighted by Crippen LogP contribution is -2.11. The summed E-state index contributed by atoms with van der Waals surface area (Å²) in [6, 6.07) is 4.22. The first-order valence-corrected chi connectivity index (χ1v) is 6.87. The normalized spacial score (nSPS) is 20.2. The molecule has 0 radical (unpaired) electrons. The number of halogens is 1. The zero-order valence-electron chi connectivity index (χ0n) is 9.89. The molecule has 3 rings (SSSR count). The first-order valence-electron chi connectivity index (χ1n) is 6.08. The fraction of sp³-hybridized carbons (Fsp3) is 0.462. The van der Waals surface area contributed by atoms with Crippen molar-refractivity contribution in [2.24, 2.45) is 5.92 Å². The van der Waals surface area contributed by atoms with Gasteiger partial charge in [-0.1, -0.05) is 15.9 Å². The smallest absolute Gasteiger partial charge is 0.107 e. The summed E-state index contributed by atoms with van der Waals surface area (Å²) in [6.07, 6.45) is 2.32. The molecule has 17 heavy (non-hydrogen) atoms. The van der Waals surface area contributed by atoms with Crippen LogP contribution >= 0.6 is 15.9 Å². The zero-order chi connectivity index (χ0) is 11.8. The minimum Gasteiger partial charge on any atom is -0.342 e. The first-order chi connectivity index (χ1) is 8.22. The largest absolute Gasteiger partial charge is 0.342 e. The average Bonchev–Trinajstić information content (AvgIpc) is 2.87. The van der Waals surface area contributed by atoms with Crippen LogP contribution in [0.2, 0.25) is 0 Å². The Morgan fingerprint density at radius 1 is 1.47 bits per heavy atom. The fourth-order valence-corrected chi connectivity index (χ4v) is 3.13. The highest BCUT2D eigenvalue weighted by Gasteiger charge is 2.17. The number of benzene rings is 1. The van der Waals surface area contributed by atoms with Crippen LogP contribution in [0.3, 0.4) is 0 Å². The van der Waals surface area contributed by atoms with Gasteiger partial charge in [-0.05, 0) is 50.0 Å². The van der Waals surface area contributed by atoms with E-state index in [1.807, 2.05) is 0 Å². The van der Waals surface area contributed by atoms with Gasteiger partial charge in [0, 0.05) is 10.9 Å². The van der Waals surface area contributed by atoms with Gasteiger partial charge in [0.15, 0.2) is 0 Å². The summed E-state index contributed by atoms with van der Waals surface area (Å²) >= 11 is 3.52. The molecule has 3 nitrogen and oxygen atoms in total. The van der Waals surface area contributed by atoms with Gasteiger partial charge >= 0.3 is 0 Å². The quantitative estimate of drug-likeness (QED) is 0.894. The second-order valence-electron chi connectivity index (χ2n) is 4.87. The summed E-state index contributed by atoms with van der Waals surface area (Å²) in [5.74, 6) is 1.86. The number of nitrogens with zero attached hydrogens (tertiary/aromatic N) is 1. The molecular weight excluding hydrogens is 278 g/mol. The number of rotatable bonds is 2. The summed E-state index contributed by atoms with van der Waals surface area (Å²) in [5.41, 5.74) is 3.47. The molecule has 4 heteroatoms. The Labute approximate surface area is 109 Å². The lowest BCUT2D eigenvalue weighted by atomic mass is 10.1. The Bertz CT molecular complexity index is 541. The molecule has 90 valence electrons. The minimum absolute atomic E-state index is 0.735. The molecule has 1 fully saturated rings. The van der Waals surface area contributed by atoms with Crippen LogP contribution in [0.4, 0.5) is 0 Å². The second-order valence-corrected chi connectivity index (χ2v) is 5.78. The maximum Gasteiger partial charge on any atom is 0.107 e. The van der Waals surface area contributed by atoms with Crippen LogP contribution in [-0.4, -0.2) is 23.1 Å². The SMILES string of the molecule is Cc1cc(Br)cc2[nH]c(CC3CCNC3)nc12. The summed E-state index contributed by atoms with van der Waals surface area (Å²) in [5, 5.41) is 3.40. The maximum absolute atomic E-state index is 4.71. The third kappa shape index (κ3) is 2.24. The Morgan fingerprint density at radius 3 is 3.12 bits per heavy atom. The number of hydrogen-bond acceptors (Lipinski definition) is 2. The number of aromatic amines is 1. The molecule has 2 N–H and O–H groups in total. The van der Waals surface area contributed by atoms with Crippen molar-refractivity contribution < 1.29 is 0 Å². The number of aromatic nitrogens is 2. The number of hydrogen-bond donors (Lipinski definition) is 2. The Morgan fingerprint density at radius 2 is 2.35 bits per heavy atom. The van der Waals surface area contributed by atoms with E-state index in [4.69, 9.17) is 4.98 Å². The molecule has 2 aromatic rings.